The van der Waals surface area contributed by atoms with Crippen molar-refractivity contribution in [3.63, 3.8) is 0 Å². The van der Waals surface area contributed by atoms with Crippen LogP contribution in [0.1, 0.15) is 18.4 Å². The van der Waals surface area contributed by atoms with Gasteiger partial charge in [0.2, 0.25) is 0 Å². The molecular weight excluding hydrogens is 278 g/mol. The first-order chi connectivity index (χ1) is 6.06. The van der Waals surface area contributed by atoms with E-state index in [0.717, 1.165) is 10.9 Å². The first-order valence-electron chi connectivity index (χ1n) is 3.76. The summed E-state index contributed by atoms with van der Waals surface area (Å²) in [7, 11) is 0. The Morgan fingerprint density at radius 3 is 2.54 bits per heavy atom. The number of halogens is 4. The lowest BCUT2D eigenvalue weighted by Crippen LogP contribution is -1.96. The zero-order valence-corrected chi connectivity index (χ0v) is 10.0. The van der Waals surface area contributed by atoms with Crippen LogP contribution in [0.15, 0.2) is 12.1 Å². The van der Waals surface area contributed by atoms with Crippen molar-refractivity contribution < 1.29 is 4.39 Å². The lowest BCUT2D eigenvalue weighted by atomic mass is 10.0. The van der Waals surface area contributed by atoms with Crippen molar-refractivity contribution in [1.82, 2.24) is 0 Å². The van der Waals surface area contributed by atoms with Crippen LogP contribution in [-0.2, 0) is 0 Å². The molecule has 0 saturated carbocycles. The minimum absolute atomic E-state index is 0.0653. The highest BCUT2D eigenvalue weighted by Crippen LogP contribution is 2.30. The van der Waals surface area contributed by atoms with Gasteiger partial charge in [0.05, 0.1) is 5.02 Å². The van der Waals surface area contributed by atoms with E-state index in [1.54, 1.807) is 0 Å². The van der Waals surface area contributed by atoms with Gasteiger partial charge < -0.3 is 0 Å². The van der Waals surface area contributed by atoms with Gasteiger partial charge in [-0.15, -0.1) is 0 Å². The fourth-order valence-electron chi connectivity index (χ4n) is 0.999. The highest BCUT2D eigenvalue weighted by molar-refractivity contribution is 9.09. The molecule has 0 spiro atoms. The molecule has 0 aliphatic carbocycles. The van der Waals surface area contributed by atoms with E-state index in [4.69, 9.17) is 23.2 Å². The molecule has 0 heterocycles. The summed E-state index contributed by atoms with van der Waals surface area (Å²) in [5, 5.41) is 1.32. The Bertz CT molecular complexity index is 315. The largest absolute Gasteiger partial charge is 0.205 e. The average molecular weight is 286 g/mol. The van der Waals surface area contributed by atoms with E-state index in [0.29, 0.717) is 5.02 Å². The molecule has 0 N–H and O–H groups in total. The monoisotopic (exact) mass is 284 g/mol. The van der Waals surface area contributed by atoms with Crippen molar-refractivity contribution in [3.05, 3.63) is 33.6 Å². The Balaban J connectivity index is 3.15. The molecule has 0 aromatic heterocycles. The third-order valence-electron chi connectivity index (χ3n) is 1.80. The molecule has 13 heavy (non-hydrogen) atoms. The van der Waals surface area contributed by atoms with Crippen LogP contribution in [0.25, 0.3) is 0 Å². The van der Waals surface area contributed by atoms with E-state index in [9.17, 15) is 4.39 Å². The van der Waals surface area contributed by atoms with Crippen LogP contribution < -0.4 is 0 Å². The molecule has 1 atom stereocenters. The maximum absolute atomic E-state index is 13.0. The van der Waals surface area contributed by atoms with Crippen LogP contribution in [0, 0.1) is 5.82 Å². The van der Waals surface area contributed by atoms with Gasteiger partial charge >= 0.3 is 0 Å². The van der Waals surface area contributed by atoms with Gasteiger partial charge in [-0.2, -0.15) is 0 Å². The topological polar surface area (TPSA) is 0 Å². The highest BCUT2D eigenvalue weighted by Gasteiger charge is 2.11. The molecule has 0 fully saturated rings. The van der Waals surface area contributed by atoms with Crippen LogP contribution >= 0.6 is 39.1 Å². The van der Waals surface area contributed by atoms with Gasteiger partial charge in [-0.25, -0.2) is 4.39 Å². The standard InChI is InChI=1S/C9H8BrCl2F/c1-5(4-10)6-2-9(13)8(12)3-7(6)11/h2-3,5H,4H2,1H3. The second-order valence-corrected chi connectivity index (χ2v) is 4.31. The Labute approximate surface area is 95.2 Å². The quantitative estimate of drug-likeness (QED) is 0.549. The van der Waals surface area contributed by atoms with Gasteiger partial charge in [0.25, 0.3) is 0 Å². The van der Waals surface area contributed by atoms with Gasteiger partial charge in [0.15, 0.2) is 0 Å². The predicted octanol–water partition coefficient (Wildman–Crippen LogP) is 4.63. The average Bonchev–Trinajstić information content (AvgIpc) is 2.10. The first-order valence-corrected chi connectivity index (χ1v) is 5.64. The van der Waals surface area contributed by atoms with E-state index in [-0.39, 0.29) is 10.9 Å². The van der Waals surface area contributed by atoms with Crippen LogP contribution in [0.2, 0.25) is 10.0 Å². The van der Waals surface area contributed by atoms with Crippen LogP contribution in [0.5, 0.6) is 0 Å². The van der Waals surface area contributed by atoms with Crippen LogP contribution in [0.3, 0.4) is 0 Å². The van der Waals surface area contributed by atoms with Gasteiger partial charge in [-0.3, -0.25) is 0 Å². The zero-order valence-electron chi connectivity index (χ0n) is 6.95. The molecule has 1 rings (SSSR count). The summed E-state index contributed by atoms with van der Waals surface area (Å²) in [5.74, 6) is -0.242. The van der Waals surface area contributed by atoms with E-state index in [1.165, 1.54) is 12.1 Å². The maximum atomic E-state index is 13.0. The SMILES string of the molecule is CC(CBr)c1cc(F)c(Cl)cc1Cl. The minimum atomic E-state index is -0.422. The van der Waals surface area contributed by atoms with Crippen molar-refractivity contribution in [3.8, 4) is 0 Å². The number of hydrogen-bond donors (Lipinski definition) is 0. The maximum Gasteiger partial charge on any atom is 0.142 e. The Morgan fingerprint density at radius 1 is 1.38 bits per heavy atom. The molecule has 0 nitrogen and oxygen atoms in total. The second kappa shape index (κ2) is 4.63. The van der Waals surface area contributed by atoms with Crippen LogP contribution in [0.4, 0.5) is 4.39 Å². The fourth-order valence-corrected chi connectivity index (χ4v) is 1.92. The molecular formula is C9H8BrCl2F. The van der Waals surface area contributed by atoms with Crippen LogP contribution in [-0.4, -0.2) is 5.33 Å². The molecule has 0 saturated heterocycles. The normalized spacial score (nSPS) is 13.0. The third-order valence-corrected chi connectivity index (χ3v) is 3.39. The summed E-state index contributed by atoms with van der Waals surface area (Å²) in [5.41, 5.74) is 0.778. The summed E-state index contributed by atoms with van der Waals surface area (Å²) in [4.78, 5) is 0. The lowest BCUT2D eigenvalue weighted by Gasteiger charge is -2.10. The number of benzene rings is 1. The Hall–Kier alpha value is 0.210. The van der Waals surface area contributed by atoms with Crippen molar-refractivity contribution in [1.29, 1.82) is 0 Å². The molecule has 0 radical (unpaired) electrons. The minimum Gasteiger partial charge on any atom is -0.205 e. The van der Waals surface area contributed by atoms with Gasteiger partial charge in [-0.05, 0) is 23.6 Å². The highest BCUT2D eigenvalue weighted by atomic mass is 79.9. The van der Waals surface area contributed by atoms with Crippen molar-refractivity contribution in [2.45, 2.75) is 12.8 Å². The molecule has 72 valence electrons. The molecule has 0 aliphatic heterocycles. The molecule has 1 unspecified atom stereocenters. The Kier molecular flexibility index (Phi) is 4.02. The summed E-state index contributed by atoms with van der Waals surface area (Å²) in [6.45, 7) is 1.96. The number of hydrogen-bond acceptors (Lipinski definition) is 0. The summed E-state index contributed by atoms with van der Waals surface area (Å²) < 4.78 is 13.0. The molecule has 0 amide bonds. The number of rotatable bonds is 2. The van der Waals surface area contributed by atoms with Crippen molar-refractivity contribution in [2.24, 2.45) is 0 Å². The smallest absolute Gasteiger partial charge is 0.142 e. The van der Waals surface area contributed by atoms with Gasteiger partial charge in [0, 0.05) is 10.4 Å². The fraction of sp³-hybridized carbons (Fsp3) is 0.333. The molecule has 1 aromatic rings. The van der Waals surface area contributed by atoms with E-state index in [2.05, 4.69) is 15.9 Å². The molecule has 0 bridgehead atoms. The van der Waals surface area contributed by atoms with Gasteiger partial charge in [0.1, 0.15) is 5.82 Å². The molecule has 0 aliphatic rings. The van der Waals surface area contributed by atoms with Crippen molar-refractivity contribution >= 4 is 39.1 Å². The van der Waals surface area contributed by atoms with Crippen molar-refractivity contribution in [2.75, 3.05) is 5.33 Å². The summed E-state index contributed by atoms with van der Waals surface area (Å²) in [6.07, 6.45) is 0. The first kappa shape index (κ1) is 11.3. The number of alkyl halides is 1. The second-order valence-electron chi connectivity index (χ2n) is 2.84. The Morgan fingerprint density at radius 2 is 2.00 bits per heavy atom. The third kappa shape index (κ3) is 2.58. The summed E-state index contributed by atoms with van der Waals surface area (Å²) in [6, 6.07) is 2.82. The lowest BCUT2D eigenvalue weighted by molar-refractivity contribution is 0.624. The van der Waals surface area contributed by atoms with E-state index >= 15 is 0 Å². The molecule has 1 aromatic carbocycles. The summed E-state index contributed by atoms with van der Waals surface area (Å²) >= 11 is 14.8. The predicted molar refractivity (Wildman–Crippen MR) is 58.6 cm³/mol. The van der Waals surface area contributed by atoms with E-state index in [1.807, 2.05) is 6.92 Å². The van der Waals surface area contributed by atoms with Gasteiger partial charge in [-0.1, -0.05) is 46.1 Å². The molecule has 4 heteroatoms. The van der Waals surface area contributed by atoms with E-state index < -0.39 is 5.82 Å². The zero-order chi connectivity index (χ0) is 10.0.